The van der Waals surface area contributed by atoms with Gasteiger partial charge >= 0.3 is 0 Å². The molecule has 0 fully saturated rings. The normalized spacial score (nSPS) is 13.6. The Balaban J connectivity index is 4.00. The Morgan fingerprint density at radius 2 is 1.96 bits per heavy atom. The smallest absolute Gasteiger partial charge is 0.191 e. The molecule has 7 heteroatoms. The second kappa shape index (κ2) is 15.6. The van der Waals surface area contributed by atoms with Crippen molar-refractivity contribution < 1.29 is 14.6 Å². The molecule has 0 bridgehead atoms. The summed E-state index contributed by atoms with van der Waals surface area (Å²) in [6, 6.07) is 0. The van der Waals surface area contributed by atoms with E-state index in [4.69, 9.17) is 9.47 Å². The maximum Gasteiger partial charge on any atom is 0.191 e. The van der Waals surface area contributed by atoms with E-state index in [1.54, 1.807) is 7.11 Å². The van der Waals surface area contributed by atoms with Crippen molar-refractivity contribution in [2.45, 2.75) is 33.3 Å². The van der Waals surface area contributed by atoms with Gasteiger partial charge in [0, 0.05) is 46.5 Å². The maximum atomic E-state index is 9.91. The number of hydrogen-bond acceptors (Lipinski definition) is 5. The number of methoxy groups -OCH3 is 1. The van der Waals surface area contributed by atoms with Crippen molar-refractivity contribution in [1.82, 2.24) is 15.5 Å². The molecule has 3 N–H and O–H groups in total. The van der Waals surface area contributed by atoms with Crippen LogP contribution in [-0.2, 0) is 9.47 Å². The number of likely N-dealkylation sites (N-methyl/N-ethyl adjacent to an activating group) is 1. The van der Waals surface area contributed by atoms with Gasteiger partial charge in [-0.3, -0.25) is 4.99 Å². The number of guanidine groups is 1. The van der Waals surface area contributed by atoms with Crippen molar-refractivity contribution in [3.63, 3.8) is 0 Å². The van der Waals surface area contributed by atoms with Crippen LogP contribution in [0.1, 0.15) is 27.2 Å². The van der Waals surface area contributed by atoms with E-state index in [9.17, 15) is 5.11 Å². The first-order chi connectivity index (χ1) is 11.5. The van der Waals surface area contributed by atoms with E-state index in [2.05, 4.69) is 41.4 Å². The molecule has 0 aromatic carbocycles. The Morgan fingerprint density at radius 1 is 1.21 bits per heavy atom. The molecule has 7 nitrogen and oxygen atoms in total. The molecule has 1 unspecified atom stereocenters. The van der Waals surface area contributed by atoms with Gasteiger partial charge in [0.15, 0.2) is 5.96 Å². The SMILES string of the molecule is CCNC(=NCC(O)COCC(C)C)NCCN(C)CCCOC. The molecule has 0 aromatic heterocycles. The Kier molecular flexibility index (Phi) is 15.0. The van der Waals surface area contributed by atoms with Crippen LogP contribution in [0.3, 0.4) is 0 Å². The van der Waals surface area contributed by atoms with E-state index >= 15 is 0 Å². The number of aliphatic hydroxyl groups excluding tert-OH is 1. The topological polar surface area (TPSA) is 78.4 Å². The summed E-state index contributed by atoms with van der Waals surface area (Å²) in [7, 11) is 3.82. The quantitative estimate of drug-likeness (QED) is 0.242. The molecule has 0 heterocycles. The third-order valence-corrected chi connectivity index (χ3v) is 3.24. The number of nitrogens with zero attached hydrogens (tertiary/aromatic N) is 2. The molecule has 0 aliphatic heterocycles. The van der Waals surface area contributed by atoms with Crippen LogP contribution in [0.5, 0.6) is 0 Å². The molecule has 0 aromatic rings. The van der Waals surface area contributed by atoms with Crippen molar-refractivity contribution >= 4 is 5.96 Å². The molecule has 0 rings (SSSR count). The predicted octanol–water partition coefficient (Wildman–Crippen LogP) is 0.543. The predicted molar refractivity (Wildman–Crippen MR) is 99.6 cm³/mol. The third kappa shape index (κ3) is 14.7. The lowest BCUT2D eigenvalue weighted by atomic mass is 10.2. The minimum atomic E-state index is -0.573. The number of rotatable bonds is 14. The monoisotopic (exact) mass is 346 g/mol. The van der Waals surface area contributed by atoms with Gasteiger partial charge in [-0.25, -0.2) is 0 Å². The van der Waals surface area contributed by atoms with Gasteiger partial charge in [-0.05, 0) is 26.3 Å². The van der Waals surface area contributed by atoms with Crippen LogP contribution >= 0.6 is 0 Å². The highest BCUT2D eigenvalue weighted by atomic mass is 16.5. The summed E-state index contributed by atoms with van der Waals surface area (Å²) in [5, 5.41) is 16.4. The lowest BCUT2D eigenvalue weighted by molar-refractivity contribution is 0.0301. The van der Waals surface area contributed by atoms with Crippen LogP contribution in [0.4, 0.5) is 0 Å². The first-order valence-corrected chi connectivity index (χ1v) is 8.95. The van der Waals surface area contributed by atoms with Crippen molar-refractivity contribution in [3.05, 3.63) is 0 Å². The summed E-state index contributed by atoms with van der Waals surface area (Å²) >= 11 is 0. The molecule has 0 radical (unpaired) electrons. The Morgan fingerprint density at radius 3 is 2.58 bits per heavy atom. The fourth-order valence-electron chi connectivity index (χ4n) is 1.99. The van der Waals surface area contributed by atoms with Crippen molar-refractivity contribution in [3.8, 4) is 0 Å². The van der Waals surface area contributed by atoms with Crippen molar-refractivity contribution in [1.29, 1.82) is 0 Å². The van der Waals surface area contributed by atoms with Crippen LogP contribution in [0.25, 0.3) is 0 Å². The molecule has 0 spiro atoms. The van der Waals surface area contributed by atoms with Gasteiger partial charge in [0.1, 0.15) is 0 Å². The first kappa shape index (κ1) is 23.1. The van der Waals surface area contributed by atoms with Gasteiger partial charge in [-0.1, -0.05) is 13.8 Å². The highest BCUT2D eigenvalue weighted by molar-refractivity contribution is 5.79. The largest absolute Gasteiger partial charge is 0.389 e. The summed E-state index contributed by atoms with van der Waals surface area (Å²) in [5.41, 5.74) is 0. The van der Waals surface area contributed by atoms with E-state index in [0.29, 0.717) is 25.7 Å². The molecule has 1 atom stereocenters. The molecule has 0 amide bonds. The van der Waals surface area contributed by atoms with E-state index in [-0.39, 0.29) is 0 Å². The number of ether oxygens (including phenoxy) is 2. The summed E-state index contributed by atoms with van der Waals surface area (Å²) < 4.78 is 10.5. The van der Waals surface area contributed by atoms with E-state index in [0.717, 1.165) is 45.2 Å². The summed E-state index contributed by atoms with van der Waals surface area (Å²) in [6.07, 6.45) is 0.458. The van der Waals surface area contributed by atoms with Gasteiger partial charge in [0.2, 0.25) is 0 Å². The molecule has 144 valence electrons. The van der Waals surface area contributed by atoms with Crippen LogP contribution < -0.4 is 10.6 Å². The number of aliphatic hydroxyl groups is 1. The van der Waals surface area contributed by atoms with E-state index in [1.807, 2.05) is 6.92 Å². The fourth-order valence-corrected chi connectivity index (χ4v) is 1.99. The fraction of sp³-hybridized carbons (Fsp3) is 0.941. The minimum Gasteiger partial charge on any atom is -0.389 e. The summed E-state index contributed by atoms with van der Waals surface area (Å²) in [6.45, 7) is 11.8. The standard InChI is InChI=1S/C17H38N4O3/c1-6-18-17(19-8-10-21(4)9-7-11-23-5)20-12-16(22)14-24-13-15(2)3/h15-16,22H,6-14H2,1-5H3,(H2,18,19,20). The molecule has 24 heavy (non-hydrogen) atoms. The average molecular weight is 347 g/mol. The Bertz CT molecular complexity index is 314. The zero-order chi connectivity index (χ0) is 18.2. The zero-order valence-electron chi connectivity index (χ0n) is 16.2. The number of nitrogens with one attached hydrogen (secondary N) is 2. The molecule has 0 aliphatic rings. The van der Waals surface area contributed by atoms with Crippen LogP contribution in [0.15, 0.2) is 4.99 Å². The Hall–Kier alpha value is -0.890. The Labute approximate surface area is 147 Å². The van der Waals surface area contributed by atoms with Gasteiger partial charge in [0.05, 0.1) is 19.3 Å². The molecular formula is C17H38N4O3. The van der Waals surface area contributed by atoms with E-state index in [1.165, 1.54) is 0 Å². The second-order valence-electron chi connectivity index (χ2n) is 6.38. The summed E-state index contributed by atoms with van der Waals surface area (Å²) in [5.74, 6) is 1.20. The highest BCUT2D eigenvalue weighted by Crippen LogP contribution is 1.94. The molecular weight excluding hydrogens is 308 g/mol. The lowest BCUT2D eigenvalue weighted by Crippen LogP contribution is -2.41. The van der Waals surface area contributed by atoms with Gasteiger partial charge in [-0.15, -0.1) is 0 Å². The van der Waals surface area contributed by atoms with Crippen molar-refractivity contribution in [2.24, 2.45) is 10.9 Å². The first-order valence-electron chi connectivity index (χ1n) is 8.95. The number of hydrogen-bond donors (Lipinski definition) is 3. The third-order valence-electron chi connectivity index (χ3n) is 3.24. The molecule has 0 saturated heterocycles. The maximum absolute atomic E-state index is 9.91. The van der Waals surface area contributed by atoms with E-state index < -0.39 is 6.10 Å². The minimum absolute atomic E-state index is 0.323. The molecule has 0 aliphatic carbocycles. The molecule has 0 saturated carbocycles. The average Bonchev–Trinajstić information content (AvgIpc) is 2.52. The van der Waals surface area contributed by atoms with Gasteiger partial charge in [-0.2, -0.15) is 0 Å². The summed E-state index contributed by atoms with van der Waals surface area (Å²) in [4.78, 5) is 6.66. The number of aliphatic imine (C=N–C) groups is 1. The van der Waals surface area contributed by atoms with Crippen LogP contribution in [0.2, 0.25) is 0 Å². The highest BCUT2D eigenvalue weighted by Gasteiger charge is 2.06. The lowest BCUT2D eigenvalue weighted by Gasteiger charge is -2.18. The van der Waals surface area contributed by atoms with Gasteiger partial charge in [0.25, 0.3) is 0 Å². The van der Waals surface area contributed by atoms with Crippen LogP contribution in [-0.4, -0.2) is 88.8 Å². The van der Waals surface area contributed by atoms with Crippen LogP contribution in [0, 0.1) is 5.92 Å². The zero-order valence-corrected chi connectivity index (χ0v) is 16.2. The second-order valence-corrected chi connectivity index (χ2v) is 6.38. The van der Waals surface area contributed by atoms with Gasteiger partial charge < -0.3 is 30.1 Å². The van der Waals surface area contributed by atoms with Crippen molar-refractivity contribution in [2.75, 3.05) is 66.7 Å².